The quantitative estimate of drug-likeness (QED) is 0.204. The zero-order chi connectivity index (χ0) is 27.8. The summed E-state index contributed by atoms with van der Waals surface area (Å²) < 4.78 is 14.9. The van der Waals surface area contributed by atoms with Gasteiger partial charge in [0.1, 0.15) is 27.8 Å². The summed E-state index contributed by atoms with van der Waals surface area (Å²) in [6, 6.07) is 40.0. The first-order valence-electron chi connectivity index (χ1n) is 14.4. The minimum Gasteiger partial charge on any atom is -0.456 e. The van der Waals surface area contributed by atoms with E-state index in [4.69, 9.17) is 18.8 Å². The minimum atomic E-state index is 0.860. The number of hydrogen-bond acceptors (Lipinski definition) is 4. The Kier molecular flexibility index (Phi) is 3.78. The van der Waals surface area contributed by atoms with Crippen LogP contribution in [0, 0.1) is 0 Å². The summed E-state index contributed by atoms with van der Waals surface area (Å²) in [5.74, 6) is 0. The van der Waals surface area contributed by atoms with E-state index in [0.29, 0.717) is 0 Å². The first-order valence-corrected chi connectivity index (χ1v) is 14.4. The molecule has 0 amide bonds. The highest BCUT2D eigenvalue weighted by atomic mass is 16.3. The second kappa shape index (κ2) is 7.46. The van der Waals surface area contributed by atoms with E-state index in [9.17, 15) is 0 Å². The second-order valence-electron chi connectivity index (χ2n) is 11.4. The van der Waals surface area contributed by atoms with Gasteiger partial charge in [-0.3, -0.25) is 4.40 Å². The monoisotopic (exact) mass is 549 g/mol. The van der Waals surface area contributed by atoms with Crippen molar-refractivity contribution in [3.8, 4) is 11.1 Å². The van der Waals surface area contributed by atoms with Crippen molar-refractivity contribution in [3.63, 3.8) is 0 Å². The first-order chi connectivity index (χ1) is 21.3. The number of aromatic nitrogens is 3. The molecule has 43 heavy (non-hydrogen) atoms. The lowest BCUT2D eigenvalue weighted by Crippen LogP contribution is -1.89. The van der Waals surface area contributed by atoms with Crippen molar-refractivity contribution in [2.24, 2.45) is 0 Å². The van der Waals surface area contributed by atoms with Crippen LogP contribution in [0.5, 0.6) is 0 Å². The van der Waals surface area contributed by atoms with Crippen LogP contribution in [0.3, 0.4) is 0 Å². The Morgan fingerprint density at radius 2 is 1.14 bits per heavy atom. The zero-order valence-electron chi connectivity index (χ0n) is 22.6. The maximum Gasteiger partial charge on any atom is 0.165 e. The van der Waals surface area contributed by atoms with Crippen molar-refractivity contribution in [2.75, 3.05) is 0 Å². The number of furan rings is 2. The fourth-order valence-corrected chi connectivity index (χ4v) is 7.23. The highest BCUT2D eigenvalue weighted by Gasteiger charge is 2.25. The standard InChI is InChI=1S/C38H19N3O2/c1-5-11-30-22(7-1)25-17-20(14-16-32(25)42-30)21-13-15-23-29(18-21)41-37-26(36-38(41)40-28-10-4-3-9-27(28)39-36)19-33-34(35(23)37)24-8-2-6-12-31(24)43-33/h1-19H. The van der Waals surface area contributed by atoms with Crippen LogP contribution in [-0.4, -0.2) is 14.4 Å². The van der Waals surface area contributed by atoms with E-state index in [1.165, 1.54) is 10.8 Å². The number of hydrogen-bond donors (Lipinski definition) is 0. The molecule has 6 aromatic carbocycles. The molecule has 0 atom stereocenters. The van der Waals surface area contributed by atoms with E-state index in [1.807, 2.05) is 48.5 Å². The molecule has 0 unspecified atom stereocenters. The van der Waals surface area contributed by atoms with Gasteiger partial charge in [0.15, 0.2) is 5.65 Å². The van der Waals surface area contributed by atoms with Crippen LogP contribution in [0.4, 0.5) is 0 Å². The van der Waals surface area contributed by atoms with Crippen molar-refractivity contribution in [1.82, 2.24) is 14.4 Å². The highest BCUT2D eigenvalue weighted by Crippen LogP contribution is 2.46. The minimum absolute atomic E-state index is 0.860. The van der Waals surface area contributed by atoms with Gasteiger partial charge in [0.2, 0.25) is 0 Å². The predicted molar refractivity (Wildman–Crippen MR) is 174 cm³/mol. The lowest BCUT2D eigenvalue weighted by atomic mass is 9.99. The molecule has 0 aliphatic rings. The van der Waals surface area contributed by atoms with Gasteiger partial charge >= 0.3 is 0 Å². The number of fused-ring (bicyclic) bond motifs is 14. The van der Waals surface area contributed by atoms with E-state index in [0.717, 1.165) is 93.6 Å². The van der Waals surface area contributed by atoms with Gasteiger partial charge in [-0.15, -0.1) is 0 Å². The molecule has 11 aromatic rings. The van der Waals surface area contributed by atoms with Crippen LogP contribution in [0.1, 0.15) is 0 Å². The lowest BCUT2D eigenvalue weighted by Gasteiger charge is -2.05. The molecule has 0 aliphatic heterocycles. The third kappa shape index (κ3) is 2.67. The summed E-state index contributed by atoms with van der Waals surface area (Å²) in [6.45, 7) is 0. The zero-order valence-corrected chi connectivity index (χ0v) is 22.6. The van der Waals surface area contributed by atoms with Gasteiger partial charge in [-0.25, -0.2) is 9.97 Å². The molecule has 11 rings (SSSR count). The van der Waals surface area contributed by atoms with Crippen LogP contribution < -0.4 is 0 Å². The molecule has 5 heteroatoms. The molecule has 5 nitrogen and oxygen atoms in total. The first kappa shape index (κ1) is 21.8. The van der Waals surface area contributed by atoms with E-state index in [-0.39, 0.29) is 0 Å². The number of rotatable bonds is 1. The Hall–Kier alpha value is -5.94. The van der Waals surface area contributed by atoms with Crippen molar-refractivity contribution in [3.05, 3.63) is 115 Å². The average molecular weight is 550 g/mol. The van der Waals surface area contributed by atoms with Crippen LogP contribution in [-0.2, 0) is 0 Å². The smallest absolute Gasteiger partial charge is 0.165 e. The molecular formula is C38H19N3O2. The SMILES string of the molecule is c1ccc2nc3c(nc2c1)c1cc2oc4ccccc4c2c2c4ccc(-c5ccc6oc7ccccc7c6c5)cc4n3c12. The summed E-state index contributed by atoms with van der Waals surface area (Å²) in [4.78, 5) is 10.3. The summed E-state index contributed by atoms with van der Waals surface area (Å²) in [5, 5.41) is 7.91. The number of benzene rings is 6. The molecule has 0 saturated heterocycles. The molecule has 5 heterocycles. The normalized spacial score (nSPS) is 12.7. The van der Waals surface area contributed by atoms with Crippen molar-refractivity contribution in [2.45, 2.75) is 0 Å². The summed E-state index contributed by atoms with van der Waals surface area (Å²) >= 11 is 0. The lowest BCUT2D eigenvalue weighted by molar-refractivity contribution is 0.669. The molecule has 0 fully saturated rings. The van der Waals surface area contributed by atoms with Gasteiger partial charge in [-0.2, -0.15) is 0 Å². The molecule has 0 saturated carbocycles. The maximum atomic E-state index is 6.44. The third-order valence-electron chi connectivity index (χ3n) is 9.10. The van der Waals surface area contributed by atoms with E-state index in [2.05, 4.69) is 71.1 Å². The average Bonchev–Trinajstić information content (AvgIpc) is 3.79. The topological polar surface area (TPSA) is 56.5 Å². The number of para-hydroxylation sites is 4. The fraction of sp³-hybridized carbons (Fsp3) is 0. The maximum absolute atomic E-state index is 6.44. The van der Waals surface area contributed by atoms with Crippen LogP contribution in [0.2, 0.25) is 0 Å². The molecule has 198 valence electrons. The Labute approximate surface area is 242 Å². The molecule has 0 aliphatic carbocycles. The van der Waals surface area contributed by atoms with Crippen LogP contribution in [0.15, 0.2) is 124 Å². The van der Waals surface area contributed by atoms with E-state index >= 15 is 0 Å². The van der Waals surface area contributed by atoms with Gasteiger partial charge in [0.05, 0.1) is 22.1 Å². The summed E-state index contributed by atoms with van der Waals surface area (Å²) in [6.07, 6.45) is 0. The van der Waals surface area contributed by atoms with Gasteiger partial charge in [0.25, 0.3) is 0 Å². The van der Waals surface area contributed by atoms with Crippen molar-refractivity contribution in [1.29, 1.82) is 0 Å². The van der Waals surface area contributed by atoms with Crippen LogP contribution in [0.25, 0.3) is 104 Å². The van der Waals surface area contributed by atoms with E-state index < -0.39 is 0 Å². The molecule has 0 bridgehead atoms. The van der Waals surface area contributed by atoms with Crippen molar-refractivity contribution < 1.29 is 8.83 Å². The Bertz CT molecular complexity index is 2960. The molecule has 5 aromatic heterocycles. The number of nitrogens with zero attached hydrogens (tertiary/aromatic N) is 3. The Morgan fingerprint density at radius 3 is 2.02 bits per heavy atom. The molecule has 0 radical (unpaired) electrons. The largest absolute Gasteiger partial charge is 0.456 e. The highest BCUT2D eigenvalue weighted by molar-refractivity contribution is 6.34. The van der Waals surface area contributed by atoms with Gasteiger partial charge in [-0.05, 0) is 59.7 Å². The van der Waals surface area contributed by atoms with Crippen molar-refractivity contribution >= 4 is 93.3 Å². The summed E-state index contributed by atoms with van der Waals surface area (Å²) in [7, 11) is 0. The van der Waals surface area contributed by atoms with Gasteiger partial charge in [0, 0.05) is 37.7 Å². The van der Waals surface area contributed by atoms with Gasteiger partial charge in [-0.1, -0.05) is 66.7 Å². The van der Waals surface area contributed by atoms with Gasteiger partial charge < -0.3 is 8.83 Å². The predicted octanol–water partition coefficient (Wildman–Crippen LogP) is 10.2. The Morgan fingerprint density at radius 1 is 0.465 bits per heavy atom. The Balaban J connectivity index is 1.31. The fourth-order valence-electron chi connectivity index (χ4n) is 7.23. The summed E-state index contributed by atoms with van der Waals surface area (Å²) in [5.41, 5.74) is 11.6. The van der Waals surface area contributed by atoms with E-state index in [1.54, 1.807) is 0 Å². The molecular weight excluding hydrogens is 530 g/mol. The van der Waals surface area contributed by atoms with Crippen LogP contribution >= 0.6 is 0 Å². The second-order valence-corrected chi connectivity index (χ2v) is 11.4. The molecule has 0 spiro atoms. The molecule has 0 N–H and O–H groups in total. The third-order valence-corrected chi connectivity index (χ3v) is 9.10.